The highest BCUT2D eigenvalue weighted by atomic mass is 16.4. The average Bonchev–Trinajstić information content (AvgIpc) is 2.35. The minimum atomic E-state index is -1.10. The summed E-state index contributed by atoms with van der Waals surface area (Å²) in [5, 5.41) is 11.2. The smallest absolute Gasteiger partial charge is 0.326 e. The largest absolute Gasteiger partial charge is 0.480 e. The van der Waals surface area contributed by atoms with Gasteiger partial charge in [-0.3, -0.25) is 9.59 Å². The number of benzene rings is 1. The highest BCUT2D eigenvalue weighted by Crippen LogP contribution is 2.05. The molecule has 1 aromatic rings. The molecule has 1 aromatic carbocycles. The summed E-state index contributed by atoms with van der Waals surface area (Å²) in [5.74, 6) is -2.29. The SMILES string of the molecule is CC[C@H](NC(=O)c1cccc(C(N)=O)c1)C(=O)O. The molecule has 1 rings (SSSR count). The number of carbonyl (C=O) groups is 3. The Balaban J connectivity index is 2.87. The van der Waals surface area contributed by atoms with Crippen LogP contribution in [-0.4, -0.2) is 28.9 Å². The zero-order valence-corrected chi connectivity index (χ0v) is 9.84. The molecule has 0 aliphatic rings. The lowest BCUT2D eigenvalue weighted by Gasteiger charge is -2.12. The first-order valence-electron chi connectivity index (χ1n) is 5.39. The normalized spacial score (nSPS) is 11.6. The zero-order chi connectivity index (χ0) is 13.7. The predicted octanol–water partition coefficient (Wildman–Crippen LogP) is 0.378. The topological polar surface area (TPSA) is 109 Å². The molecule has 0 aliphatic carbocycles. The van der Waals surface area contributed by atoms with Crippen LogP contribution >= 0.6 is 0 Å². The Labute approximate surface area is 104 Å². The summed E-state index contributed by atoms with van der Waals surface area (Å²) in [6.07, 6.45) is 0.274. The van der Waals surface area contributed by atoms with Crippen LogP contribution < -0.4 is 11.1 Å². The molecule has 0 aromatic heterocycles. The number of nitrogens with two attached hydrogens (primary N) is 1. The second-order valence-corrected chi connectivity index (χ2v) is 3.72. The van der Waals surface area contributed by atoms with Crippen LogP contribution in [0.1, 0.15) is 34.1 Å². The molecule has 0 bridgehead atoms. The molecule has 18 heavy (non-hydrogen) atoms. The van der Waals surface area contributed by atoms with Gasteiger partial charge < -0.3 is 16.2 Å². The van der Waals surface area contributed by atoms with E-state index in [0.29, 0.717) is 0 Å². The standard InChI is InChI=1S/C12H14N2O4/c1-2-9(12(17)18)14-11(16)8-5-3-4-7(6-8)10(13)15/h3-6,9H,2H2,1H3,(H2,13,15)(H,14,16)(H,17,18)/t9-/m0/s1. The Hall–Kier alpha value is -2.37. The first kappa shape index (κ1) is 13.7. The number of aliphatic carboxylic acids is 1. The van der Waals surface area contributed by atoms with Crippen molar-refractivity contribution in [1.29, 1.82) is 0 Å². The molecule has 1 atom stereocenters. The Morgan fingerprint density at radius 3 is 2.44 bits per heavy atom. The number of rotatable bonds is 5. The van der Waals surface area contributed by atoms with Gasteiger partial charge in [0.15, 0.2) is 0 Å². The van der Waals surface area contributed by atoms with E-state index in [0.717, 1.165) is 0 Å². The number of nitrogens with one attached hydrogen (secondary N) is 1. The van der Waals surface area contributed by atoms with E-state index < -0.39 is 23.8 Å². The summed E-state index contributed by atoms with van der Waals surface area (Å²) in [5.41, 5.74) is 5.49. The van der Waals surface area contributed by atoms with Crippen molar-refractivity contribution in [2.75, 3.05) is 0 Å². The third-order valence-corrected chi connectivity index (χ3v) is 2.42. The maximum atomic E-state index is 11.8. The third kappa shape index (κ3) is 3.31. The molecule has 0 aliphatic heterocycles. The van der Waals surface area contributed by atoms with Crippen molar-refractivity contribution in [3.63, 3.8) is 0 Å². The van der Waals surface area contributed by atoms with Crippen LogP contribution in [0.4, 0.5) is 0 Å². The summed E-state index contributed by atoms with van der Waals surface area (Å²) in [4.78, 5) is 33.5. The molecule has 0 spiro atoms. The van der Waals surface area contributed by atoms with Crippen LogP contribution in [0, 0.1) is 0 Å². The van der Waals surface area contributed by atoms with Gasteiger partial charge in [0.25, 0.3) is 5.91 Å². The fourth-order valence-electron chi connectivity index (χ4n) is 1.39. The Bertz CT molecular complexity index is 485. The van der Waals surface area contributed by atoms with Crippen LogP contribution in [0.2, 0.25) is 0 Å². The van der Waals surface area contributed by atoms with Gasteiger partial charge in [-0.2, -0.15) is 0 Å². The third-order valence-electron chi connectivity index (χ3n) is 2.42. The van der Waals surface area contributed by atoms with E-state index >= 15 is 0 Å². The average molecular weight is 250 g/mol. The second-order valence-electron chi connectivity index (χ2n) is 3.72. The van der Waals surface area contributed by atoms with Gasteiger partial charge in [0.05, 0.1) is 0 Å². The summed E-state index contributed by atoms with van der Waals surface area (Å²) in [6.45, 7) is 1.65. The summed E-state index contributed by atoms with van der Waals surface area (Å²) in [7, 11) is 0. The van der Waals surface area contributed by atoms with E-state index in [1.807, 2.05) is 0 Å². The highest BCUT2D eigenvalue weighted by molar-refractivity contribution is 6.00. The van der Waals surface area contributed by atoms with Gasteiger partial charge in [0.1, 0.15) is 6.04 Å². The van der Waals surface area contributed by atoms with Crippen LogP contribution in [0.25, 0.3) is 0 Å². The molecule has 2 amide bonds. The Kier molecular flexibility index (Phi) is 4.42. The van der Waals surface area contributed by atoms with E-state index in [9.17, 15) is 14.4 Å². The maximum absolute atomic E-state index is 11.8. The number of carbonyl (C=O) groups excluding carboxylic acids is 2. The molecule has 0 fully saturated rings. The van der Waals surface area contributed by atoms with E-state index in [4.69, 9.17) is 10.8 Å². The summed E-state index contributed by atoms with van der Waals surface area (Å²) >= 11 is 0. The lowest BCUT2D eigenvalue weighted by molar-refractivity contribution is -0.139. The number of hydrogen-bond acceptors (Lipinski definition) is 3. The van der Waals surface area contributed by atoms with Crippen LogP contribution in [-0.2, 0) is 4.79 Å². The van der Waals surface area contributed by atoms with E-state index in [1.54, 1.807) is 6.92 Å². The number of primary amides is 1. The van der Waals surface area contributed by atoms with E-state index in [-0.39, 0.29) is 17.5 Å². The molecule has 96 valence electrons. The van der Waals surface area contributed by atoms with Gasteiger partial charge in [-0.05, 0) is 24.6 Å². The van der Waals surface area contributed by atoms with E-state index in [2.05, 4.69) is 5.32 Å². The summed E-state index contributed by atoms with van der Waals surface area (Å²) < 4.78 is 0. The van der Waals surface area contributed by atoms with Crippen molar-refractivity contribution in [2.45, 2.75) is 19.4 Å². The molecule has 0 saturated carbocycles. The molecule has 6 heteroatoms. The fourth-order valence-corrected chi connectivity index (χ4v) is 1.39. The quantitative estimate of drug-likeness (QED) is 0.701. The molecule has 0 saturated heterocycles. The van der Waals surface area contributed by atoms with Crippen molar-refractivity contribution in [3.8, 4) is 0 Å². The molecular formula is C12H14N2O4. The van der Waals surface area contributed by atoms with Gasteiger partial charge in [-0.1, -0.05) is 13.0 Å². The molecule has 0 heterocycles. The molecule has 6 nitrogen and oxygen atoms in total. The molecular weight excluding hydrogens is 236 g/mol. The predicted molar refractivity (Wildman–Crippen MR) is 64.1 cm³/mol. The van der Waals surface area contributed by atoms with Gasteiger partial charge in [0, 0.05) is 11.1 Å². The first-order chi connectivity index (χ1) is 8.45. The second kappa shape index (κ2) is 5.81. The van der Waals surface area contributed by atoms with Gasteiger partial charge in [-0.25, -0.2) is 4.79 Å². The number of carboxylic acid groups (broad SMARTS) is 1. The van der Waals surface area contributed by atoms with Crippen molar-refractivity contribution >= 4 is 17.8 Å². The van der Waals surface area contributed by atoms with Gasteiger partial charge >= 0.3 is 5.97 Å². The Morgan fingerprint density at radius 1 is 1.33 bits per heavy atom. The van der Waals surface area contributed by atoms with Crippen molar-refractivity contribution in [1.82, 2.24) is 5.32 Å². The molecule has 0 unspecified atom stereocenters. The number of carboxylic acids is 1. The lowest BCUT2D eigenvalue weighted by atomic mass is 10.1. The zero-order valence-electron chi connectivity index (χ0n) is 9.84. The minimum absolute atomic E-state index is 0.200. The fraction of sp³-hybridized carbons (Fsp3) is 0.250. The first-order valence-corrected chi connectivity index (χ1v) is 5.39. The molecule has 0 radical (unpaired) electrons. The van der Waals surface area contributed by atoms with Crippen LogP contribution in [0.5, 0.6) is 0 Å². The minimum Gasteiger partial charge on any atom is -0.480 e. The highest BCUT2D eigenvalue weighted by Gasteiger charge is 2.18. The Morgan fingerprint density at radius 2 is 1.94 bits per heavy atom. The summed E-state index contributed by atoms with van der Waals surface area (Å²) in [6, 6.07) is 4.85. The van der Waals surface area contributed by atoms with Gasteiger partial charge in [0.2, 0.25) is 5.91 Å². The lowest BCUT2D eigenvalue weighted by Crippen LogP contribution is -2.40. The van der Waals surface area contributed by atoms with Crippen molar-refractivity contribution < 1.29 is 19.5 Å². The monoisotopic (exact) mass is 250 g/mol. The number of hydrogen-bond donors (Lipinski definition) is 3. The van der Waals surface area contributed by atoms with Crippen molar-refractivity contribution in [2.24, 2.45) is 5.73 Å². The molecule has 4 N–H and O–H groups in total. The van der Waals surface area contributed by atoms with Gasteiger partial charge in [-0.15, -0.1) is 0 Å². The maximum Gasteiger partial charge on any atom is 0.326 e. The van der Waals surface area contributed by atoms with E-state index in [1.165, 1.54) is 24.3 Å². The van der Waals surface area contributed by atoms with Crippen LogP contribution in [0.3, 0.4) is 0 Å². The number of amides is 2. The van der Waals surface area contributed by atoms with Crippen molar-refractivity contribution in [3.05, 3.63) is 35.4 Å². The van der Waals surface area contributed by atoms with Crippen LogP contribution in [0.15, 0.2) is 24.3 Å².